The second-order valence-corrected chi connectivity index (χ2v) is 5.12. The molecule has 2 rings (SSSR count). The Labute approximate surface area is 114 Å². The zero-order valence-electron chi connectivity index (χ0n) is 11.6. The fraction of sp³-hybridized carbons (Fsp3) is 0.533. The van der Waals surface area contributed by atoms with Crippen LogP contribution in [-0.2, 0) is 22.7 Å². The van der Waals surface area contributed by atoms with Crippen LogP contribution in [0.2, 0.25) is 0 Å². The molecule has 1 aliphatic heterocycles. The maximum atomic E-state index is 12.1. The highest BCUT2D eigenvalue weighted by Gasteiger charge is 2.28. The number of rotatable bonds is 5. The van der Waals surface area contributed by atoms with Crippen molar-refractivity contribution in [1.82, 2.24) is 10.6 Å². The maximum absolute atomic E-state index is 12.1. The summed E-state index contributed by atoms with van der Waals surface area (Å²) in [6, 6.07) is 7.98. The van der Waals surface area contributed by atoms with Gasteiger partial charge < -0.3 is 15.4 Å². The molecule has 0 saturated carbocycles. The van der Waals surface area contributed by atoms with E-state index < -0.39 is 0 Å². The molecule has 2 unspecified atom stereocenters. The van der Waals surface area contributed by atoms with E-state index in [2.05, 4.69) is 17.6 Å². The molecule has 1 aromatic carbocycles. The van der Waals surface area contributed by atoms with Gasteiger partial charge in [0.25, 0.3) is 0 Å². The number of ether oxygens (including phenoxy) is 1. The molecule has 4 heteroatoms. The third kappa shape index (κ3) is 3.55. The van der Waals surface area contributed by atoms with Gasteiger partial charge >= 0.3 is 0 Å². The number of benzene rings is 1. The summed E-state index contributed by atoms with van der Waals surface area (Å²) < 4.78 is 5.17. The number of hydrogen-bond donors (Lipinski definition) is 2. The molecule has 0 aromatic heterocycles. The zero-order valence-corrected chi connectivity index (χ0v) is 11.6. The molecule has 2 atom stereocenters. The number of carbonyl (C=O) groups excluding carboxylic acids is 1. The van der Waals surface area contributed by atoms with E-state index in [-0.39, 0.29) is 11.9 Å². The van der Waals surface area contributed by atoms with Gasteiger partial charge in [0.1, 0.15) is 0 Å². The van der Waals surface area contributed by atoms with Crippen LogP contribution in [0.25, 0.3) is 0 Å². The van der Waals surface area contributed by atoms with E-state index in [1.165, 1.54) is 0 Å². The molecule has 19 heavy (non-hydrogen) atoms. The van der Waals surface area contributed by atoms with Crippen molar-refractivity contribution in [1.29, 1.82) is 0 Å². The minimum atomic E-state index is -0.0467. The van der Waals surface area contributed by atoms with E-state index in [1.54, 1.807) is 7.11 Å². The number of carbonyl (C=O) groups is 1. The van der Waals surface area contributed by atoms with Crippen LogP contribution in [0.1, 0.15) is 24.5 Å². The Kier molecular flexibility index (Phi) is 4.93. The summed E-state index contributed by atoms with van der Waals surface area (Å²) in [6.07, 6.45) is 1.07. The smallest absolute Gasteiger partial charge is 0.237 e. The fourth-order valence-corrected chi connectivity index (χ4v) is 2.50. The summed E-state index contributed by atoms with van der Waals surface area (Å²) in [5.41, 5.74) is 2.24. The van der Waals surface area contributed by atoms with Crippen molar-refractivity contribution in [3.8, 4) is 0 Å². The molecule has 104 valence electrons. The summed E-state index contributed by atoms with van der Waals surface area (Å²) in [4.78, 5) is 12.1. The highest BCUT2D eigenvalue weighted by molar-refractivity contribution is 5.82. The predicted octanol–water partition coefficient (Wildman–Crippen LogP) is 1.45. The fourth-order valence-electron chi connectivity index (χ4n) is 2.50. The zero-order chi connectivity index (χ0) is 13.7. The van der Waals surface area contributed by atoms with Gasteiger partial charge in [-0.15, -0.1) is 0 Å². The van der Waals surface area contributed by atoms with E-state index >= 15 is 0 Å². The summed E-state index contributed by atoms with van der Waals surface area (Å²) in [6.45, 7) is 4.18. The molecular weight excluding hydrogens is 240 g/mol. The van der Waals surface area contributed by atoms with Gasteiger partial charge in [-0.3, -0.25) is 4.79 Å². The Morgan fingerprint density at radius 1 is 1.42 bits per heavy atom. The molecular formula is C15H22N2O2. The highest BCUT2D eigenvalue weighted by Crippen LogP contribution is 2.15. The maximum Gasteiger partial charge on any atom is 0.237 e. The van der Waals surface area contributed by atoms with Crippen molar-refractivity contribution in [3.05, 3.63) is 35.4 Å². The lowest BCUT2D eigenvalue weighted by Gasteiger charge is -2.16. The molecule has 2 N–H and O–H groups in total. The summed E-state index contributed by atoms with van der Waals surface area (Å²) in [5, 5.41) is 6.26. The number of hydrogen-bond acceptors (Lipinski definition) is 3. The first-order valence-corrected chi connectivity index (χ1v) is 6.79. The van der Waals surface area contributed by atoms with Gasteiger partial charge in [0.05, 0.1) is 12.6 Å². The second kappa shape index (κ2) is 6.68. The largest absolute Gasteiger partial charge is 0.380 e. The van der Waals surface area contributed by atoms with E-state index in [4.69, 9.17) is 4.74 Å². The van der Waals surface area contributed by atoms with Gasteiger partial charge in [0, 0.05) is 13.7 Å². The Balaban J connectivity index is 1.93. The third-order valence-corrected chi connectivity index (χ3v) is 3.69. The van der Waals surface area contributed by atoms with Crippen LogP contribution in [-0.4, -0.2) is 25.6 Å². The molecule has 0 aliphatic carbocycles. The second-order valence-electron chi connectivity index (χ2n) is 5.12. The first-order chi connectivity index (χ1) is 9.22. The third-order valence-electron chi connectivity index (χ3n) is 3.69. The minimum absolute atomic E-state index is 0.0467. The van der Waals surface area contributed by atoms with Gasteiger partial charge in [-0.1, -0.05) is 31.2 Å². The minimum Gasteiger partial charge on any atom is -0.380 e. The van der Waals surface area contributed by atoms with Gasteiger partial charge in [-0.2, -0.15) is 0 Å². The van der Waals surface area contributed by atoms with Crippen LogP contribution >= 0.6 is 0 Å². The van der Waals surface area contributed by atoms with Crippen LogP contribution in [0.5, 0.6) is 0 Å². The SMILES string of the molecule is COCc1ccccc1CNC(=O)C1NCCC1C. The molecule has 0 bridgehead atoms. The van der Waals surface area contributed by atoms with Crippen LogP contribution in [0, 0.1) is 5.92 Å². The Bertz CT molecular complexity index is 434. The van der Waals surface area contributed by atoms with Crippen LogP contribution in [0.15, 0.2) is 24.3 Å². The average molecular weight is 262 g/mol. The van der Waals surface area contributed by atoms with Crippen molar-refractivity contribution in [3.63, 3.8) is 0 Å². The first-order valence-electron chi connectivity index (χ1n) is 6.79. The van der Waals surface area contributed by atoms with Crippen molar-refractivity contribution < 1.29 is 9.53 Å². The first kappa shape index (κ1) is 14.0. The Morgan fingerprint density at radius 2 is 2.16 bits per heavy atom. The summed E-state index contributed by atoms with van der Waals surface area (Å²) in [7, 11) is 1.68. The normalized spacial score (nSPS) is 22.4. The lowest BCUT2D eigenvalue weighted by molar-refractivity contribution is -0.123. The van der Waals surface area contributed by atoms with Crippen LogP contribution in [0.3, 0.4) is 0 Å². The highest BCUT2D eigenvalue weighted by atomic mass is 16.5. The lowest BCUT2D eigenvalue weighted by Crippen LogP contribution is -2.43. The van der Waals surface area contributed by atoms with Gasteiger partial charge in [-0.25, -0.2) is 0 Å². The van der Waals surface area contributed by atoms with E-state index in [1.807, 2.05) is 24.3 Å². The van der Waals surface area contributed by atoms with Crippen molar-refractivity contribution >= 4 is 5.91 Å². The summed E-state index contributed by atoms with van der Waals surface area (Å²) >= 11 is 0. The molecule has 1 aliphatic rings. The van der Waals surface area contributed by atoms with Crippen LogP contribution < -0.4 is 10.6 Å². The van der Waals surface area contributed by atoms with E-state index in [0.717, 1.165) is 24.1 Å². The molecule has 1 amide bonds. The van der Waals surface area contributed by atoms with Gasteiger partial charge in [0.15, 0.2) is 0 Å². The molecule has 1 saturated heterocycles. The molecule has 0 radical (unpaired) electrons. The molecule has 1 aromatic rings. The number of nitrogens with one attached hydrogen (secondary N) is 2. The Morgan fingerprint density at radius 3 is 2.79 bits per heavy atom. The van der Waals surface area contributed by atoms with Crippen molar-refractivity contribution in [2.75, 3.05) is 13.7 Å². The molecule has 1 fully saturated rings. The van der Waals surface area contributed by atoms with Crippen LogP contribution in [0.4, 0.5) is 0 Å². The lowest BCUT2D eigenvalue weighted by atomic mass is 10.0. The monoisotopic (exact) mass is 262 g/mol. The number of methoxy groups -OCH3 is 1. The van der Waals surface area contributed by atoms with Crippen molar-refractivity contribution in [2.45, 2.75) is 32.5 Å². The average Bonchev–Trinajstić information content (AvgIpc) is 2.84. The predicted molar refractivity (Wildman–Crippen MR) is 74.6 cm³/mol. The standard InChI is InChI=1S/C15H22N2O2/c1-11-7-8-16-14(11)15(18)17-9-12-5-3-4-6-13(12)10-19-2/h3-6,11,14,16H,7-10H2,1-2H3,(H,17,18). The molecule has 4 nitrogen and oxygen atoms in total. The molecule has 1 heterocycles. The topological polar surface area (TPSA) is 50.4 Å². The molecule has 0 spiro atoms. The Hall–Kier alpha value is -1.39. The quantitative estimate of drug-likeness (QED) is 0.844. The van der Waals surface area contributed by atoms with Gasteiger partial charge in [-0.05, 0) is 30.0 Å². The van der Waals surface area contributed by atoms with Gasteiger partial charge in [0.2, 0.25) is 5.91 Å². The number of amides is 1. The van der Waals surface area contributed by atoms with E-state index in [0.29, 0.717) is 19.1 Å². The van der Waals surface area contributed by atoms with Crippen molar-refractivity contribution in [2.24, 2.45) is 5.92 Å². The van der Waals surface area contributed by atoms with E-state index in [9.17, 15) is 4.79 Å². The summed E-state index contributed by atoms with van der Waals surface area (Å²) in [5.74, 6) is 0.506.